The number of carbonyl (C=O) groups excluding carboxylic acids is 3. The molecule has 3 rings (SSSR count). The average molecular weight is 343 g/mol. The van der Waals surface area contributed by atoms with Crippen molar-refractivity contribution in [1.82, 2.24) is 0 Å². The second-order valence-corrected chi connectivity index (χ2v) is 7.86. The summed E-state index contributed by atoms with van der Waals surface area (Å²) < 4.78 is 12.6. The first-order valence-corrected chi connectivity index (χ1v) is 8.25. The third-order valence-electron chi connectivity index (χ3n) is 5.25. The van der Waals surface area contributed by atoms with Crippen LogP contribution in [0.1, 0.15) is 28.1 Å². The normalized spacial score (nSPS) is 29.2. The molecule has 0 aliphatic heterocycles. The first-order chi connectivity index (χ1) is 9.84. The van der Waals surface area contributed by atoms with Crippen LogP contribution in [0.4, 0.5) is 0 Å². The van der Waals surface area contributed by atoms with E-state index in [0.717, 1.165) is 0 Å². The number of carbonyl (C=O) groups is 3. The van der Waals surface area contributed by atoms with Crippen molar-refractivity contribution in [1.29, 1.82) is 0 Å². The van der Waals surface area contributed by atoms with Crippen LogP contribution in [0.15, 0.2) is 30.3 Å². The Morgan fingerprint density at radius 2 is 1.82 bits per heavy atom. The second kappa shape index (κ2) is 6.12. The molecule has 0 spiro atoms. The Morgan fingerprint density at radius 1 is 1.23 bits per heavy atom. The summed E-state index contributed by atoms with van der Waals surface area (Å²) in [6.07, 6.45) is 0.864. The molecule has 2 bridgehead atoms. The van der Waals surface area contributed by atoms with Crippen LogP contribution in [0.3, 0.4) is 0 Å². The van der Waals surface area contributed by atoms with Gasteiger partial charge >= 0.3 is 64.7 Å². The van der Waals surface area contributed by atoms with Gasteiger partial charge in [0.25, 0.3) is 0 Å². The molecule has 6 heteroatoms. The Balaban J connectivity index is 0.00000132. The van der Waals surface area contributed by atoms with Gasteiger partial charge in [-0.2, -0.15) is 0 Å². The Kier molecular flexibility index (Phi) is 5.09. The van der Waals surface area contributed by atoms with E-state index in [9.17, 15) is 18.9 Å². The summed E-state index contributed by atoms with van der Waals surface area (Å²) in [6.45, 7) is 3.55. The molecule has 2 saturated carbocycles. The fourth-order valence-electron chi connectivity index (χ4n) is 3.91. The van der Waals surface area contributed by atoms with Crippen LogP contribution in [0.2, 0.25) is 0 Å². The Bertz CT molecular complexity index is 689. The minimum atomic E-state index is -2.34. The fourth-order valence-corrected chi connectivity index (χ4v) is 5.43. The number of hydrogen-bond donors (Lipinski definition) is 0. The molecule has 0 N–H and O–H groups in total. The van der Waals surface area contributed by atoms with E-state index in [4.69, 9.17) is 0 Å². The Morgan fingerprint density at radius 3 is 2.32 bits per heavy atom. The van der Waals surface area contributed by atoms with E-state index >= 15 is 0 Å². The van der Waals surface area contributed by atoms with Crippen LogP contribution < -0.4 is 56.7 Å². The SMILES string of the molecule is CC1(C)C2CCC1(C(=O)[P+](=O)c1ccccc1)C(=O)C2=O.[H-].[K+]. The summed E-state index contributed by atoms with van der Waals surface area (Å²) in [5, 5.41) is 0.415. The van der Waals surface area contributed by atoms with Crippen molar-refractivity contribution in [2.75, 3.05) is 0 Å². The van der Waals surface area contributed by atoms with Gasteiger partial charge in [-0.25, -0.2) is 4.79 Å². The molecule has 0 saturated heterocycles. The predicted molar refractivity (Wildman–Crippen MR) is 78.8 cm³/mol. The van der Waals surface area contributed by atoms with Gasteiger partial charge < -0.3 is 1.43 Å². The minimum absolute atomic E-state index is 0. The second-order valence-electron chi connectivity index (χ2n) is 6.35. The molecular formula is C16H17KO4P+. The van der Waals surface area contributed by atoms with E-state index in [2.05, 4.69) is 0 Å². The Hall–Kier alpha value is -0.0336. The van der Waals surface area contributed by atoms with Gasteiger partial charge in [-0.3, -0.25) is 9.59 Å². The zero-order valence-electron chi connectivity index (χ0n) is 14.0. The van der Waals surface area contributed by atoms with Crippen LogP contribution in [0.5, 0.6) is 0 Å². The monoisotopic (exact) mass is 343 g/mol. The van der Waals surface area contributed by atoms with Gasteiger partial charge in [0.15, 0.2) is 10.7 Å². The summed E-state index contributed by atoms with van der Waals surface area (Å²) in [5.74, 6) is -1.50. The van der Waals surface area contributed by atoms with Crippen LogP contribution in [0, 0.1) is 16.7 Å². The van der Waals surface area contributed by atoms with Gasteiger partial charge in [0.1, 0.15) is 0 Å². The van der Waals surface area contributed by atoms with Crippen LogP contribution in [-0.4, -0.2) is 17.1 Å². The summed E-state index contributed by atoms with van der Waals surface area (Å²) in [4.78, 5) is 37.3. The molecule has 0 heterocycles. The molecule has 0 amide bonds. The van der Waals surface area contributed by atoms with Crippen molar-refractivity contribution in [2.45, 2.75) is 26.7 Å². The predicted octanol–water partition coefficient (Wildman–Crippen LogP) is -0.643. The molecule has 0 radical (unpaired) electrons. The summed E-state index contributed by atoms with van der Waals surface area (Å²) in [6, 6.07) is 8.42. The van der Waals surface area contributed by atoms with Crippen molar-refractivity contribution < 1.29 is 71.8 Å². The number of fused-ring (bicyclic) bond motifs is 2. The van der Waals surface area contributed by atoms with E-state index in [1.165, 1.54) is 0 Å². The molecule has 22 heavy (non-hydrogen) atoms. The van der Waals surface area contributed by atoms with E-state index in [1.54, 1.807) is 44.2 Å². The molecule has 2 aliphatic rings. The summed E-state index contributed by atoms with van der Waals surface area (Å²) in [5.41, 5.74) is -2.71. The standard InChI is InChI=1S/C16H16O4P.K.H/c1-15(2)11-8-9-16(15,13(18)12(11)17)14(19)21(20)10-6-4-3-5-7-10;;/h3-7,11H,8-9H2,1-2H3;;/q2*+1;-1. The first-order valence-electron chi connectivity index (χ1n) is 6.99. The van der Waals surface area contributed by atoms with Crippen LogP contribution >= 0.6 is 7.80 Å². The zero-order valence-corrected chi connectivity index (χ0v) is 17.0. The van der Waals surface area contributed by atoms with E-state index in [1.807, 2.05) is 0 Å². The van der Waals surface area contributed by atoms with E-state index in [-0.39, 0.29) is 52.8 Å². The van der Waals surface area contributed by atoms with Crippen molar-refractivity contribution in [3.8, 4) is 0 Å². The third-order valence-corrected chi connectivity index (χ3v) is 6.77. The van der Waals surface area contributed by atoms with Crippen molar-refractivity contribution >= 4 is 30.2 Å². The Labute approximate surface area is 174 Å². The number of benzene rings is 1. The van der Waals surface area contributed by atoms with Gasteiger partial charge in [0, 0.05) is 5.92 Å². The molecule has 1 aromatic carbocycles. The summed E-state index contributed by atoms with van der Waals surface area (Å²) >= 11 is 0. The molecule has 3 unspecified atom stereocenters. The molecular weight excluding hydrogens is 326 g/mol. The van der Waals surface area contributed by atoms with Gasteiger partial charge in [0.05, 0.1) is 0 Å². The minimum Gasteiger partial charge on any atom is -1.00 e. The maximum atomic E-state index is 12.8. The molecule has 4 nitrogen and oxygen atoms in total. The van der Waals surface area contributed by atoms with Crippen molar-refractivity contribution in [3.63, 3.8) is 0 Å². The van der Waals surface area contributed by atoms with Crippen molar-refractivity contribution in [2.24, 2.45) is 16.7 Å². The molecule has 2 aliphatic carbocycles. The maximum absolute atomic E-state index is 12.8. The molecule has 110 valence electrons. The topological polar surface area (TPSA) is 68.3 Å². The van der Waals surface area contributed by atoms with E-state index in [0.29, 0.717) is 18.1 Å². The van der Waals surface area contributed by atoms with Crippen LogP contribution in [-0.2, 0) is 18.9 Å². The third kappa shape index (κ3) is 2.21. The van der Waals surface area contributed by atoms with Gasteiger partial charge in [-0.1, -0.05) is 36.6 Å². The molecule has 0 aromatic heterocycles. The molecule has 2 fully saturated rings. The maximum Gasteiger partial charge on any atom is 1.00 e. The van der Waals surface area contributed by atoms with Crippen molar-refractivity contribution in [3.05, 3.63) is 30.3 Å². The largest absolute Gasteiger partial charge is 1.00 e. The molecule has 1 aromatic rings. The van der Waals surface area contributed by atoms with E-state index < -0.39 is 41.6 Å². The number of ketones is 2. The molecule has 3 atom stereocenters. The first kappa shape index (κ1) is 18.3. The summed E-state index contributed by atoms with van der Waals surface area (Å²) in [7, 11) is -2.34. The number of hydrogen-bond acceptors (Lipinski definition) is 4. The fraction of sp³-hybridized carbons (Fsp3) is 0.438. The van der Waals surface area contributed by atoms with Gasteiger partial charge in [-0.15, -0.1) is 0 Å². The quantitative estimate of drug-likeness (QED) is 0.317. The zero-order chi connectivity index (χ0) is 15.4. The van der Waals surface area contributed by atoms with Gasteiger partial charge in [0.2, 0.25) is 11.6 Å². The smallest absolute Gasteiger partial charge is 1.00 e. The number of rotatable bonds is 3. The van der Waals surface area contributed by atoms with Crippen LogP contribution in [0.25, 0.3) is 0 Å². The number of Topliss-reactive ketones (excluding diaryl/α,β-unsaturated/α-hetero) is 2. The average Bonchev–Trinajstić information content (AvgIpc) is 2.83. The van der Waals surface area contributed by atoms with Gasteiger partial charge in [-0.05, 0) is 30.4 Å².